The molecular formula is C16H15Cl2N3O. The largest absolute Gasteiger partial charge is 0.369 e. The summed E-state index contributed by atoms with van der Waals surface area (Å²) in [5.74, 6) is -0.162. The van der Waals surface area contributed by atoms with Crippen molar-refractivity contribution >= 4 is 34.8 Å². The molecule has 114 valence electrons. The Balaban J connectivity index is 1.64. The van der Waals surface area contributed by atoms with E-state index in [1.165, 1.54) is 6.20 Å². The molecule has 1 atom stereocenters. The third kappa shape index (κ3) is 3.34. The first-order valence-electron chi connectivity index (χ1n) is 7.04. The van der Waals surface area contributed by atoms with E-state index in [9.17, 15) is 4.79 Å². The van der Waals surface area contributed by atoms with Gasteiger partial charge in [-0.1, -0.05) is 29.3 Å². The highest BCUT2D eigenvalue weighted by atomic mass is 35.5. The predicted octanol–water partition coefficient (Wildman–Crippen LogP) is 3.40. The number of anilines is 1. The van der Waals surface area contributed by atoms with E-state index in [0.29, 0.717) is 15.6 Å². The van der Waals surface area contributed by atoms with Crippen LogP contribution in [0.2, 0.25) is 10.0 Å². The number of aromatic nitrogens is 1. The number of amides is 1. The van der Waals surface area contributed by atoms with Crippen molar-refractivity contribution in [2.24, 2.45) is 0 Å². The van der Waals surface area contributed by atoms with E-state index >= 15 is 0 Å². The molecule has 2 aromatic rings. The first-order valence-corrected chi connectivity index (χ1v) is 7.80. The van der Waals surface area contributed by atoms with Crippen molar-refractivity contribution in [2.45, 2.75) is 12.5 Å². The van der Waals surface area contributed by atoms with Crippen LogP contribution in [0.3, 0.4) is 0 Å². The lowest BCUT2D eigenvalue weighted by atomic mass is 10.2. The maximum Gasteiger partial charge on any atom is 0.253 e. The van der Waals surface area contributed by atoms with Crippen LogP contribution < -0.4 is 10.2 Å². The van der Waals surface area contributed by atoms with Crippen molar-refractivity contribution in [3.05, 3.63) is 58.3 Å². The summed E-state index contributed by atoms with van der Waals surface area (Å²) in [5, 5.41) is 4.11. The van der Waals surface area contributed by atoms with E-state index in [-0.39, 0.29) is 11.9 Å². The summed E-state index contributed by atoms with van der Waals surface area (Å²) in [7, 11) is 0. The normalized spacial score (nSPS) is 17.5. The van der Waals surface area contributed by atoms with Crippen molar-refractivity contribution in [1.82, 2.24) is 10.3 Å². The highest BCUT2D eigenvalue weighted by Gasteiger charge is 2.25. The zero-order chi connectivity index (χ0) is 15.5. The van der Waals surface area contributed by atoms with Gasteiger partial charge in [0.05, 0.1) is 10.6 Å². The summed E-state index contributed by atoms with van der Waals surface area (Å²) < 4.78 is 0. The molecule has 1 fully saturated rings. The second kappa shape index (κ2) is 6.55. The van der Waals surface area contributed by atoms with Gasteiger partial charge in [-0.05, 0) is 30.7 Å². The van der Waals surface area contributed by atoms with Gasteiger partial charge in [0.2, 0.25) is 0 Å². The minimum Gasteiger partial charge on any atom is -0.369 e. The number of benzene rings is 1. The van der Waals surface area contributed by atoms with Crippen LogP contribution in [0, 0.1) is 0 Å². The number of halogens is 2. The van der Waals surface area contributed by atoms with Crippen LogP contribution in [0.1, 0.15) is 16.8 Å². The number of hydrogen-bond donors (Lipinski definition) is 1. The monoisotopic (exact) mass is 335 g/mol. The first-order chi connectivity index (χ1) is 10.6. The summed E-state index contributed by atoms with van der Waals surface area (Å²) in [6.07, 6.45) is 3.93. The molecule has 4 nitrogen and oxygen atoms in total. The Bertz CT molecular complexity index is 693. The van der Waals surface area contributed by atoms with E-state index < -0.39 is 0 Å². The Hall–Kier alpha value is -1.78. The standard InChI is InChI=1S/C16H15Cl2N3O/c17-11-2-1-3-13(8-11)21-7-5-12(10-21)20-16(22)14-4-6-19-9-15(14)18/h1-4,6,8-9,12H,5,7,10H2,(H,20,22)/t12-/m0/s1. The molecule has 6 heteroatoms. The van der Waals surface area contributed by atoms with Crippen molar-refractivity contribution < 1.29 is 4.79 Å². The smallest absolute Gasteiger partial charge is 0.253 e. The number of hydrogen-bond acceptors (Lipinski definition) is 3. The number of nitrogens with zero attached hydrogens (tertiary/aromatic N) is 2. The second-order valence-corrected chi connectivity index (χ2v) is 6.08. The van der Waals surface area contributed by atoms with Crippen LogP contribution in [0.5, 0.6) is 0 Å². The molecule has 2 heterocycles. The summed E-state index contributed by atoms with van der Waals surface area (Å²) in [6.45, 7) is 1.64. The van der Waals surface area contributed by atoms with Crippen LogP contribution in [0.25, 0.3) is 0 Å². The molecule has 1 aliphatic heterocycles. The van der Waals surface area contributed by atoms with Crippen LogP contribution in [0.15, 0.2) is 42.7 Å². The van der Waals surface area contributed by atoms with Crippen molar-refractivity contribution in [3.63, 3.8) is 0 Å². The number of pyridine rings is 1. The lowest BCUT2D eigenvalue weighted by Gasteiger charge is -2.19. The molecule has 1 saturated heterocycles. The highest BCUT2D eigenvalue weighted by Crippen LogP contribution is 2.24. The fourth-order valence-corrected chi connectivity index (χ4v) is 3.00. The van der Waals surface area contributed by atoms with E-state index in [1.807, 2.05) is 24.3 Å². The molecule has 1 amide bonds. The zero-order valence-corrected chi connectivity index (χ0v) is 13.3. The van der Waals surface area contributed by atoms with E-state index in [1.54, 1.807) is 12.3 Å². The van der Waals surface area contributed by atoms with Gasteiger partial charge >= 0.3 is 0 Å². The van der Waals surface area contributed by atoms with E-state index in [0.717, 1.165) is 25.2 Å². The Kier molecular flexibility index (Phi) is 4.50. The lowest BCUT2D eigenvalue weighted by molar-refractivity contribution is 0.0940. The number of carbonyl (C=O) groups excluding carboxylic acids is 1. The fourth-order valence-electron chi connectivity index (χ4n) is 2.61. The summed E-state index contributed by atoms with van der Waals surface area (Å²) in [6, 6.07) is 9.46. The molecule has 1 aromatic heterocycles. The fraction of sp³-hybridized carbons (Fsp3) is 0.250. The van der Waals surface area contributed by atoms with Gasteiger partial charge in [-0.15, -0.1) is 0 Å². The number of nitrogens with one attached hydrogen (secondary N) is 1. The number of carbonyl (C=O) groups is 1. The molecule has 0 unspecified atom stereocenters. The second-order valence-electron chi connectivity index (χ2n) is 5.24. The SMILES string of the molecule is O=C(N[C@H]1CCN(c2cccc(Cl)c2)C1)c1ccncc1Cl. The van der Waals surface area contributed by atoms with Crippen LogP contribution in [-0.2, 0) is 0 Å². The Morgan fingerprint density at radius 1 is 1.32 bits per heavy atom. The van der Waals surface area contributed by atoms with Gasteiger partial charge in [-0.2, -0.15) is 0 Å². The van der Waals surface area contributed by atoms with Gasteiger partial charge in [0.1, 0.15) is 0 Å². The molecule has 0 aliphatic carbocycles. The minimum atomic E-state index is -0.162. The third-order valence-electron chi connectivity index (χ3n) is 3.71. The highest BCUT2D eigenvalue weighted by molar-refractivity contribution is 6.33. The van der Waals surface area contributed by atoms with Gasteiger partial charge in [0, 0.05) is 42.2 Å². The van der Waals surface area contributed by atoms with Crippen molar-refractivity contribution in [2.75, 3.05) is 18.0 Å². The van der Waals surface area contributed by atoms with Crippen molar-refractivity contribution in [1.29, 1.82) is 0 Å². The Labute approximate surface area is 139 Å². The first kappa shape index (κ1) is 15.1. The molecular weight excluding hydrogens is 321 g/mol. The quantitative estimate of drug-likeness (QED) is 0.934. The van der Waals surface area contributed by atoms with Gasteiger partial charge < -0.3 is 10.2 Å². The summed E-state index contributed by atoms with van der Waals surface area (Å²) >= 11 is 12.0. The molecule has 0 saturated carbocycles. The maximum absolute atomic E-state index is 12.3. The van der Waals surface area contributed by atoms with Crippen LogP contribution in [0.4, 0.5) is 5.69 Å². The van der Waals surface area contributed by atoms with E-state index in [2.05, 4.69) is 15.2 Å². The summed E-state index contributed by atoms with van der Waals surface area (Å²) in [5.41, 5.74) is 1.53. The molecule has 1 aliphatic rings. The molecule has 0 bridgehead atoms. The molecule has 22 heavy (non-hydrogen) atoms. The number of rotatable bonds is 3. The molecule has 3 rings (SSSR count). The molecule has 1 aromatic carbocycles. The molecule has 1 N–H and O–H groups in total. The summed E-state index contributed by atoms with van der Waals surface area (Å²) in [4.78, 5) is 18.4. The predicted molar refractivity (Wildman–Crippen MR) is 88.8 cm³/mol. The van der Waals surface area contributed by atoms with Crippen molar-refractivity contribution in [3.8, 4) is 0 Å². The van der Waals surface area contributed by atoms with Gasteiger partial charge in [0.15, 0.2) is 0 Å². The van der Waals surface area contributed by atoms with Gasteiger partial charge in [0.25, 0.3) is 5.91 Å². The minimum absolute atomic E-state index is 0.0933. The maximum atomic E-state index is 12.3. The van der Waals surface area contributed by atoms with E-state index in [4.69, 9.17) is 23.2 Å². The van der Waals surface area contributed by atoms with Crippen LogP contribution in [-0.4, -0.2) is 30.0 Å². The molecule has 0 radical (unpaired) electrons. The Morgan fingerprint density at radius 2 is 2.18 bits per heavy atom. The topological polar surface area (TPSA) is 45.2 Å². The van der Waals surface area contributed by atoms with Gasteiger partial charge in [-0.25, -0.2) is 0 Å². The molecule has 0 spiro atoms. The average molecular weight is 336 g/mol. The average Bonchev–Trinajstić information content (AvgIpc) is 2.96. The third-order valence-corrected chi connectivity index (χ3v) is 4.25. The zero-order valence-electron chi connectivity index (χ0n) is 11.8. The lowest BCUT2D eigenvalue weighted by Crippen LogP contribution is -2.37. The Morgan fingerprint density at radius 3 is 2.95 bits per heavy atom. The van der Waals surface area contributed by atoms with Crippen LogP contribution >= 0.6 is 23.2 Å². The van der Waals surface area contributed by atoms with Gasteiger partial charge in [-0.3, -0.25) is 9.78 Å².